The molecule has 2 amide bonds. The van der Waals surface area contributed by atoms with Crippen molar-refractivity contribution in [3.63, 3.8) is 0 Å². The van der Waals surface area contributed by atoms with Crippen LogP contribution in [0.15, 0.2) is 36.5 Å². The van der Waals surface area contributed by atoms with Gasteiger partial charge < -0.3 is 19.7 Å². The molecular formula is C27H29FN4O4S. The average Bonchev–Trinajstić information content (AvgIpc) is 3.56. The van der Waals surface area contributed by atoms with Crippen molar-refractivity contribution in [3.8, 4) is 17.0 Å². The summed E-state index contributed by atoms with van der Waals surface area (Å²) in [5.41, 5.74) is 2.29. The molecule has 10 heteroatoms. The van der Waals surface area contributed by atoms with Crippen LogP contribution in [0.5, 0.6) is 5.75 Å². The van der Waals surface area contributed by atoms with E-state index in [1.807, 2.05) is 31.2 Å². The highest BCUT2D eigenvalue weighted by molar-refractivity contribution is 7.23. The Kier molecular flexibility index (Phi) is 6.31. The number of aromatic nitrogens is 2. The predicted molar refractivity (Wildman–Crippen MR) is 141 cm³/mol. The normalized spacial score (nSPS) is 15.9. The van der Waals surface area contributed by atoms with E-state index >= 15 is 4.39 Å². The number of ether oxygens (including phenoxy) is 2. The number of hydrogen-bond acceptors (Lipinski definition) is 6. The largest absolute Gasteiger partial charge is 0.496 e. The summed E-state index contributed by atoms with van der Waals surface area (Å²) in [4.78, 5) is 31.9. The molecule has 1 fully saturated rings. The van der Waals surface area contributed by atoms with Crippen molar-refractivity contribution in [2.45, 2.75) is 45.3 Å². The molecule has 194 valence electrons. The summed E-state index contributed by atoms with van der Waals surface area (Å²) in [6, 6.07) is 8.41. The standard InChI is InChI=1S/C27H29FN4O4S/c1-27(2,3)36-26(34)31-10-6-7-20(31)15-8-9-16(18(28)11-15)19-14-32-21-13-22(35-5)17(24(33)29-4)12-23(21)37-25(32)30-19/h8-9,11-14,20H,6-7,10H2,1-5H3,(H,29,33). The first-order valence-electron chi connectivity index (χ1n) is 12.1. The van der Waals surface area contributed by atoms with Gasteiger partial charge in [-0.05, 0) is 57.4 Å². The Bertz CT molecular complexity index is 1520. The molecule has 1 N–H and O–H groups in total. The monoisotopic (exact) mass is 524 g/mol. The zero-order chi connectivity index (χ0) is 26.5. The SMILES string of the molecule is CNC(=O)c1cc2sc3nc(-c4ccc(C5CCCN5C(=O)OC(C)(C)C)cc4F)cn3c2cc1OC. The van der Waals surface area contributed by atoms with E-state index in [2.05, 4.69) is 10.3 Å². The van der Waals surface area contributed by atoms with Gasteiger partial charge in [-0.3, -0.25) is 9.20 Å². The lowest BCUT2D eigenvalue weighted by Gasteiger charge is -2.29. The third-order valence-electron chi connectivity index (χ3n) is 6.42. The number of amides is 2. The number of rotatable bonds is 4. The molecule has 0 bridgehead atoms. The summed E-state index contributed by atoms with van der Waals surface area (Å²) < 4.78 is 29.1. The summed E-state index contributed by atoms with van der Waals surface area (Å²) >= 11 is 1.41. The van der Waals surface area contributed by atoms with Crippen LogP contribution in [0, 0.1) is 5.82 Å². The number of methoxy groups -OCH3 is 1. The predicted octanol–water partition coefficient (Wildman–Crippen LogP) is 5.80. The molecule has 37 heavy (non-hydrogen) atoms. The third-order valence-corrected chi connectivity index (χ3v) is 7.44. The molecule has 1 aliphatic heterocycles. The van der Waals surface area contributed by atoms with Gasteiger partial charge in [-0.15, -0.1) is 0 Å². The number of thiazole rings is 1. The highest BCUT2D eigenvalue weighted by Gasteiger charge is 2.33. The number of carbonyl (C=O) groups excluding carboxylic acids is 2. The second kappa shape index (κ2) is 9.33. The molecule has 2 aromatic heterocycles. The van der Waals surface area contributed by atoms with Gasteiger partial charge in [0, 0.05) is 31.4 Å². The fourth-order valence-corrected chi connectivity index (χ4v) is 5.76. The molecule has 1 saturated heterocycles. The van der Waals surface area contributed by atoms with Crippen LogP contribution in [0.4, 0.5) is 9.18 Å². The maximum absolute atomic E-state index is 15.4. The summed E-state index contributed by atoms with van der Waals surface area (Å²) in [6.45, 7) is 6.08. The van der Waals surface area contributed by atoms with Crippen LogP contribution in [0.1, 0.15) is 55.6 Å². The van der Waals surface area contributed by atoms with Crippen molar-refractivity contribution in [2.75, 3.05) is 20.7 Å². The van der Waals surface area contributed by atoms with Crippen LogP contribution < -0.4 is 10.1 Å². The molecule has 1 unspecified atom stereocenters. The Hall–Kier alpha value is -3.66. The van der Waals surface area contributed by atoms with E-state index in [-0.39, 0.29) is 18.0 Å². The number of hydrogen-bond donors (Lipinski definition) is 1. The first-order chi connectivity index (χ1) is 17.6. The quantitative estimate of drug-likeness (QED) is 0.365. The summed E-state index contributed by atoms with van der Waals surface area (Å²) in [5, 5.41) is 2.62. The minimum absolute atomic E-state index is 0.227. The van der Waals surface area contributed by atoms with E-state index in [0.29, 0.717) is 34.1 Å². The topological polar surface area (TPSA) is 85.2 Å². The second-order valence-electron chi connectivity index (χ2n) is 10.1. The lowest BCUT2D eigenvalue weighted by atomic mass is 10.0. The van der Waals surface area contributed by atoms with Gasteiger partial charge in [0.2, 0.25) is 0 Å². The number of nitrogens with one attached hydrogen (secondary N) is 1. The molecule has 5 rings (SSSR count). The smallest absolute Gasteiger partial charge is 0.410 e. The van der Waals surface area contributed by atoms with Gasteiger partial charge in [-0.25, -0.2) is 14.2 Å². The minimum Gasteiger partial charge on any atom is -0.496 e. The molecule has 0 aliphatic carbocycles. The van der Waals surface area contributed by atoms with Gasteiger partial charge in [-0.2, -0.15) is 0 Å². The van der Waals surface area contributed by atoms with Crippen LogP contribution in [-0.2, 0) is 4.74 Å². The molecule has 1 aliphatic rings. The molecule has 0 saturated carbocycles. The first-order valence-corrected chi connectivity index (χ1v) is 12.9. The number of nitrogens with zero attached hydrogens (tertiary/aromatic N) is 3. The Labute approximate surface area is 218 Å². The number of imidazole rings is 1. The van der Waals surface area contributed by atoms with Crippen LogP contribution in [0.2, 0.25) is 0 Å². The number of fused-ring (bicyclic) bond motifs is 3. The maximum Gasteiger partial charge on any atom is 0.410 e. The van der Waals surface area contributed by atoms with Crippen LogP contribution >= 0.6 is 11.3 Å². The Balaban J connectivity index is 1.47. The van der Waals surface area contributed by atoms with Crippen molar-refractivity contribution in [1.82, 2.24) is 19.6 Å². The second-order valence-corrected chi connectivity index (χ2v) is 11.1. The van der Waals surface area contributed by atoms with Crippen molar-refractivity contribution in [2.24, 2.45) is 0 Å². The Morgan fingerprint density at radius 1 is 1.22 bits per heavy atom. The molecule has 2 aromatic carbocycles. The fourth-order valence-electron chi connectivity index (χ4n) is 4.73. The number of likely N-dealkylation sites (tertiary alicyclic amines) is 1. The van der Waals surface area contributed by atoms with Gasteiger partial charge in [0.05, 0.1) is 34.6 Å². The summed E-state index contributed by atoms with van der Waals surface area (Å²) in [5.74, 6) is -0.188. The van der Waals surface area contributed by atoms with Crippen molar-refractivity contribution < 1.29 is 23.5 Å². The van der Waals surface area contributed by atoms with Gasteiger partial charge in [0.25, 0.3) is 5.91 Å². The number of halogens is 1. The van der Waals surface area contributed by atoms with Crippen LogP contribution in [0.25, 0.3) is 26.4 Å². The van der Waals surface area contributed by atoms with E-state index < -0.39 is 11.4 Å². The minimum atomic E-state index is -0.592. The summed E-state index contributed by atoms with van der Waals surface area (Å²) in [6.07, 6.45) is 3.00. The Morgan fingerprint density at radius 2 is 2.00 bits per heavy atom. The zero-order valence-electron chi connectivity index (χ0n) is 21.4. The molecule has 8 nitrogen and oxygen atoms in total. The van der Waals surface area contributed by atoms with Gasteiger partial charge in [0.1, 0.15) is 17.2 Å². The third kappa shape index (κ3) is 4.61. The summed E-state index contributed by atoms with van der Waals surface area (Å²) in [7, 11) is 3.09. The number of benzene rings is 2. The molecule has 0 spiro atoms. The zero-order valence-corrected chi connectivity index (χ0v) is 22.2. The van der Waals surface area contributed by atoms with E-state index in [9.17, 15) is 9.59 Å². The molecule has 3 heterocycles. The molecule has 0 radical (unpaired) electrons. The molecule has 4 aromatic rings. The van der Waals surface area contributed by atoms with Gasteiger partial charge >= 0.3 is 6.09 Å². The lowest BCUT2D eigenvalue weighted by Crippen LogP contribution is -2.36. The maximum atomic E-state index is 15.4. The highest BCUT2D eigenvalue weighted by atomic mass is 32.1. The lowest BCUT2D eigenvalue weighted by molar-refractivity contribution is 0.0224. The van der Waals surface area contributed by atoms with Crippen LogP contribution in [-0.4, -0.2) is 52.6 Å². The van der Waals surface area contributed by atoms with E-state index in [1.165, 1.54) is 24.5 Å². The van der Waals surface area contributed by atoms with Crippen molar-refractivity contribution >= 4 is 38.5 Å². The van der Waals surface area contributed by atoms with Gasteiger partial charge in [-0.1, -0.05) is 17.4 Å². The average molecular weight is 525 g/mol. The van der Waals surface area contributed by atoms with Gasteiger partial charge in [0.15, 0.2) is 4.96 Å². The van der Waals surface area contributed by atoms with E-state index in [4.69, 9.17) is 9.47 Å². The van der Waals surface area contributed by atoms with Crippen molar-refractivity contribution in [3.05, 3.63) is 53.5 Å². The van der Waals surface area contributed by atoms with Crippen LogP contribution in [0.3, 0.4) is 0 Å². The Morgan fingerprint density at radius 3 is 2.68 bits per heavy atom. The first kappa shape index (κ1) is 25.0. The molecular weight excluding hydrogens is 495 g/mol. The molecule has 1 atom stereocenters. The highest BCUT2D eigenvalue weighted by Crippen LogP contribution is 2.37. The number of carbonyl (C=O) groups is 2. The fraction of sp³-hybridized carbons (Fsp3) is 0.370. The van der Waals surface area contributed by atoms with E-state index in [0.717, 1.165) is 28.6 Å². The van der Waals surface area contributed by atoms with Crippen molar-refractivity contribution in [1.29, 1.82) is 0 Å². The van der Waals surface area contributed by atoms with E-state index in [1.54, 1.807) is 36.3 Å².